The van der Waals surface area contributed by atoms with Crippen molar-refractivity contribution in [1.29, 1.82) is 0 Å². The molecule has 36 heavy (non-hydrogen) atoms. The summed E-state index contributed by atoms with van der Waals surface area (Å²) >= 11 is 0. The quantitative estimate of drug-likeness (QED) is 0.320. The highest BCUT2D eigenvalue weighted by molar-refractivity contribution is 6.04. The fraction of sp³-hybridized carbons (Fsp3) is 0.192. The Morgan fingerprint density at radius 2 is 2.11 bits per heavy atom. The number of nitrogens with one attached hydrogen (secondary N) is 2. The number of hydrogen-bond acceptors (Lipinski definition) is 6. The van der Waals surface area contributed by atoms with Crippen LogP contribution in [0.25, 0.3) is 27.7 Å². The first-order valence-corrected chi connectivity index (χ1v) is 11.4. The van der Waals surface area contributed by atoms with E-state index in [1.807, 2.05) is 37.2 Å². The SMILES string of the molecule is CN(C)C/C=C/C(=O)Nc1cccc2c1CCc1[nH]c(=O)c3c(N)n(-c4cc(O)ccc4F)nc3c1-2. The number of likely N-dealkylation sites (N-methyl/N-ethyl adjacent to an activating group) is 1. The first-order valence-electron chi connectivity index (χ1n) is 11.4. The fourth-order valence-corrected chi connectivity index (χ4v) is 4.56. The zero-order chi connectivity index (χ0) is 25.6. The first-order chi connectivity index (χ1) is 17.2. The van der Waals surface area contributed by atoms with Crippen molar-refractivity contribution in [2.75, 3.05) is 31.7 Å². The van der Waals surface area contributed by atoms with Crippen molar-refractivity contribution >= 4 is 28.3 Å². The van der Waals surface area contributed by atoms with Crippen LogP contribution in [0.4, 0.5) is 15.9 Å². The number of aromatic hydroxyl groups is 1. The number of carbonyl (C=O) groups is 1. The average molecular weight is 489 g/mol. The largest absolute Gasteiger partial charge is 0.508 e. The molecule has 0 atom stereocenters. The zero-order valence-corrected chi connectivity index (χ0v) is 19.8. The second-order valence-corrected chi connectivity index (χ2v) is 8.95. The Bertz CT molecular complexity index is 1600. The molecule has 2 aromatic heterocycles. The number of nitrogen functional groups attached to an aromatic ring is 1. The zero-order valence-electron chi connectivity index (χ0n) is 19.8. The first kappa shape index (κ1) is 23.3. The number of H-pyrrole nitrogens is 1. The molecule has 2 aromatic carbocycles. The summed E-state index contributed by atoms with van der Waals surface area (Å²) in [7, 11) is 3.84. The van der Waals surface area contributed by atoms with Crippen molar-refractivity contribution < 1.29 is 14.3 Å². The molecule has 5 rings (SSSR count). The Morgan fingerprint density at radius 1 is 1.31 bits per heavy atom. The van der Waals surface area contributed by atoms with E-state index in [4.69, 9.17) is 5.73 Å². The van der Waals surface area contributed by atoms with Gasteiger partial charge in [0.15, 0.2) is 0 Å². The van der Waals surface area contributed by atoms with Crippen molar-refractivity contribution in [3.63, 3.8) is 0 Å². The maximum atomic E-state index is 14.6. The van der Waals surface area contributed by atoms with Crippen LogP contribution in [-0.2, 0) is 17.6 Å². The molecule has 184 valence electrons. The lowest BCUT2D eigenvalue weighted by Crippen LogP contribution is -2.18. The van der Waals surface area contributed by atoms with E-state index in [9.17, 15) is 19.1 Å². The molecular weight excluding hydrogens is 463 g/mol. The number of rotatable bonds is 5. The van der Waals surface area contributed by atoms with Gasteiger partial charge < -0.3 is 26.0 Å². The van der Waals surface area contributed by atoms with Gasteiger partial charge in [-0.25, -0.2) is 9.07 Å². The van der Waals surface area contributed by atoms with Crippen molar-refractivity contribution in [3.05, 3.63) is 76.0 Å². The van der Waals surface area contributed by atoms with E-state index < -0.39 is 11.4 Å². The molecule has 0 spiro atoms. The summed E-state index contributed by atoms with van der Waals surface area (Å²) in [6, 6.07) is 9.07. The molecule has 0 bridgehead atoms. The highest BCUT2D eigenvalue weighted by Crippen LogP contribution is 2.40. The molecule has 1 aliphatic rings. The highest BCUT2D eigenvalue weighted by Gasteiger charge is 2.27. The van der Waals surface area contributed by atoms with E-state index in [1.54, 1.807) is 6.08 Å². The molecule has 9 nitrogen and oxygen atoms in total. The van der Waals surface area contributed by atoms with E-state index in [1.165, 1.54) is 18.2 Å². The van der Waals surface area contributed by atoms with E-state index >= 15 is 0 Å². The van der Waals surface area contributed by atoms with Crippen molar-refractivity contribution in [3.8, 4) is 22.6 Å². The standard InChI is InChI=1S/C26H25FN6O3/c1-32(2)12-4-7-21(35)29-18-6-3-5-16-15(18)9-11-19-22(16)24-23(26(36)30-19)25(28)33(31-24)20-13-14(34)8-10-17(20)27/h3-8,10,13,34H,9,11-12,28H2,1-2H3,(H,29,35)(H,30,36)/b7-4+. The van der Waals surface area contributed by atoms with E-state index in [0.29, 0.717) is 41.8 Å². The van der Waals surface area contributed by atoms with E-state index in [-0.39, 0.29) is 28.5 Å². The van der Waals surface area contributed by atoms with Crippen LogP contribution in [0.2, 0.25) is 0 Å². The lowest BCUT2D eigenvalue weighted by atomic mass is 9.86. The molecule has 0 unspecified atom stereocenters. The maximum absolute atomic E-state index is 14.6. The summed E-state index contributed by atoms with van der Waals surface area (Å²) in [5, 5.41) is 17.5. The number of aromatic nitrogens is 3. The molecule has 0 radical (unpaired) electrons. The fourth-order valence-electron chi connectivity index (χ4n) is 4.56. The van der Waals surface area contributed by atoms with Gasteiger partial charge in [-0.05, 0) is 56.3 Å². The summed E-state index contributed by atoms with van der Waals surface area (Å²) in [4.78, 5) is 30.3. The topological polar surface area (TPSA) is 129 Å². The lowest BCUT2D eigenvalue weighted by molar-refractivity contribution is -0.111. The van der Waals surface area contributed by atoms with Gasteiger partial charge >= 0.3 is 0 Å². The number of carbonyl (C=O) groups excluding carboxylic acids is 1. The van der Waals surface area contributed by atoms with Crippen LogP contribution in [0.3, 0.4) is 0 Å². The Morgan fingerprint density at radius 3 is 2.89 bits per heavy atom. The number of aromatic amines is 1. The summed E-state index contributed by atoms with van der Waals surface area (Å²) in [5.74, 6) is -1.09. The minimum absolute atomic E-state index is 0.0406. The van der Waals surface area contributed by atoms with Crippen molar-refractivity contribution in [2.45, 2.75) is 12.8 Å². The number of benzene rings is 2. The Labute approximate surface area is 205 Å². The highest BCUT2D eigenvalue weighted by atomic mass is 19.1. The lowest BCUT2D eigenvalue weighted by Gasteiger charge is -2.22. The summed E-state index contributed by atoms with van der Waals surface area (Å²) in [6.07, 6.45) is 4.39. The number of phenols is 1. The normalized spacial score (nSPS) is 12.8. The van der Waals surface area contributed by atoms with Crippen molar-refractivity contribution in [2.24, 2.45) is 0 Å². The maximum Gasteiger partial charge on any atom is 0.261 e. The van der Waals surface area contributed by atoms with Gasteiger partial charge in [0, 0.05) is 35.6 Å². The molecule has 0 fully saturated rings. The number of anilines is 2. The van der Waals surface area contributed by atoms with Gasteiger partial charge in [-0.2, -0.15) is 5.10 Å². The molecule has 10 heteroatoms. The predicted molar refractivity (Wildman–Crippen MR) is 137 cm³/mol. The third kappa shape index (κ3) is 4.01. The number of fused-ring (bicyclic) bond motifs is 5. The van der Waals surface area contributed by atoms with Gasteiger partial charge in [0.05, 0.1) is 0 Å². The molecule has 1 aliphatic carbocycles. The molecule has 5 N–H and O–H groups in total. The van der Waals surface area contributed by atoms with Gasteiger partial charge in [-0.15, -0.1) is 0 Å². The number of pyridine rings is 1. The number of hydrogen-bond donors (Lipinski definition) is 4. The minimum atomic E-state index is -0.648. The monoisotopic (exact) mass is 488 g/mol. The molecule has 0 saturated heterocycles. The van der Waals surface area contributed by atoms with Crippen LogP contribution in [0.15, 0.2) is 53.3 Å². The molecule has 4 aromatic rings. The van der Waals surface area contributed by atoms with Gasteiger partial charge in [0.2, 0.25) is 5.91 Å². The van der Waals surface area contributed by atoms with Crippen LogP contribution in [0.1, 0.15) is 11.3 Å². The smallest absolute Gasteiger partial charge is 0.261 e. The minimum Gasteiger partial charge on any atom is -0.508 e. The number of amides is 1. The Hall–Kier alpha value is -4.44. The predicted octanol–water partition coefficient (Wildman–Crippen LogP) is 2.96. The second kappa shape index (κ2) is 8.97. The molecule has 1 amide bonds. The average Bonchev–Trinajstić information content (AvgIpc) is 3.17. The number of nitrogens with zero attached hydrogens (tertiary/aromatic N) is 3. The number of phenolic OH excluding ortho intramolecular Hbond substituents is 1. The number of aryl methyl sites for hydroxylation is 1. The molecule has 2 heterocycles. The van der Waals surface area contributed by atoms with Crippen molar-refractivity contribution in [1.82, 2.24) is 19.7 Å². The second-order valence-electron chi connectivity index (χ2n) is 8.95. The van der Waals surface area contributed by atoms with Gasteiger partial charge in [0.1, 0.15) is 34.0 Å². The Kier molecular flexibility index (Phi) is 5.81. The number of halogens is 1. The summed E-state index contributed by atoms with van der Waals surface area (Å²) in [5.41, 5.74) is 9.84. The van der Waals surface area contributed by atoms with Crippen LogP contribution >= 0.6 is 0 Å². The summed E-state index contributed by atoms with van der Waals surface area (Å²) < 4.78 is 15.7. The van der Waals surface area contributed by atoms with Crippen LogP contribution in [0.5, 0.6) is 5.75 Å². The molecule has 0 aliphatic heterocycles. The van der Waals surface area contributed by atoms with E-state index in [0.717, 1.165) is 21.9 Å². The van der Waals surface area contributed by atoms with Crippen LogP contribution in [0, 0.1) is 5.82 Å². The molecular formula is C26H25FN6O3. The third-order valence-corrected chi connectivity index (χ3v) is 6.18. The van der Waals surface area contributed by atoms with E-state index in [2.05, 4.69) is 15.4 Å². The van der Waals surface area contributed by atoms with Crippen LogP contribution < -0.4 is 16.6 Å². The third-order valence-electron chi connectivity index (χ3n) is 6.18. The van der Waals surface area contributed by atoms with Gasteiger partial charge in [-0.3, -0.25) is 9.59 Å². The number of nitrogens with two attached hydrogens (primary N) is 1. The molecule has 0 saturated carbocycles. The van der Waals surface area contributed by atoms with Gasteiger partial charge in [-0.1, -0.05) is 18.2 Å². The summed E-state index contributed by atoms with van der Waals surface area (Å²) in [6.45, 7) is 0.642. The van der Waals surface area contributed by atoms with Gasteiger partial charge in [0.25, 0.3) is 5.56 Å². The van der Waals surface area contributed by atoms with Crippen LogP contribution in [-0.4, -0.2) is 51.3 Å². The Balaban J connectivity index is 1.64.